The smallest absolute Gasteiger partial charge is 0.191 e. The van der Waals surface area contributed by atoms with Crippen LogP contribution in [0.3, 0.4) is 0 Å². The molecule has 2 aliphatic rings. The maximum absolute atomic E-state index is 13.8. The molecular formula is C20H32FIN4O. The van der Waals surface area contributed by atoms with Gasteiger partial charge >= 0.3 is 0 Å². The largest absolute Gasteiger partial charge is 0.386 e. The SMILES string of the molecule is CCNC(=NCC(O)c1ccccc1F)NC1CCN(C2CCCC2)C1.I. The number of aliphatic imine (C=N–C) groups is 1. The summed E-state index contributed by atoms with van der Waals surface area (Å²) in [5.74, 6) is 0.303. The summed E-state index contributed by atoms with van der Waals surface area (Å²) < 4.78 is 13.8. The molecule has 1 saturated heterocycles. The van der Waals surface area contributed by atoms with Crippen molar-refractivity contribution in [3.05, 3.63) is 35.6 Å². The summed E-state index contributed by atoms with van der Waals surface area (Å²) in [7, 11) is 0. The average Bonchev–Trinajstić information content (AvgIpc) is 3.31. The lowest BCUT2D eigenvalue weighted by atomic mass is 10.1. The normalized spacial score (nSPS) is 22.5. The molecule has 152 valence electrons. The van der Waals surface area contributed by atoms with Gasteiger partial charge in [-0.15, -0.1) is 24.0 Å². The van der Waals surface area contributed by atoms with Crippen LogP contribution in [-0.2, 0) is 0 Å². The molecule has 1 aliphatic carbocycles. The maximum Gasteiger partial charge on any atom is 0.191 e. The molecule has 2 atom stereocenters. The Morgan fingerprint density at radius 2 is 2.04 bits per heavy atom. The van der Waals surface area contributed by atoms with E-state index in [1.807, 2.05) is 6.92 Å². The summed E-state index contributed by atoms with van der Waals surface area (Å²) in [5, 5.41) is 17.0. The summed E-state index contributed by atoms with van der Waals surface area (Å²) in [6.07, 6.45) is 5.54. The van der Waals surface area contributed by atoms with Gasteiger partial charge in [0.15, 0.2) is 5.96 Å². The molecule has 0 spiro atoms. The second-order valence-corrected chi connectivity index (χ2v) is 7.32. The van der Waals surface area contributed by atoms with E-state index in [1.54, 1.807) is 18.2 Å². The number of halogens is 2. The van der Waals surface area contributed by atoms with Crippen molar-refractivity contribution in [2.24, 2.45) is 4.99 Å². The molecule has 1 aromatic rings. The highest BCUT2D eigenvalue weighted by Crippen LogP contribution is 2.26. The van der Waals surface area contributed by atoms with E-state index in [-0.39, 0.29) is 30.5 Å². The Kier molecular flexibility index (Phi) is 9.25. The average molecular weight is 490 g/mol. The van der Waals surface area contributed by atoms with E-state index < -0.39 is 11.9 Å². The van der Waals surface area contributed by atoms with E-state index in [0.29, 0.717) is 17.6 Å². The lowest BCUT2D eigenvalue weighted by Gasteiger charge is -2.24. The van der Waals surface area contributed by atoms with E-state index in [9.17, 15) is 9.50 Å². The summed E-state index contributed by atoms with van der Waals surface area (Å²) in [6, 6.07) is 7.44. The molecule has 7 heteroatoms. The van der Waals surface area contributed by atoms with Crippen molar-refractivity contribution in [3.8, 4) is 0 Å². The minimum absolute atomic E-state index is 0. The third kappa shape index (κ3) is 6.29. The van der Waals surface area contributed by atoms with Crippen molar-refractivity contribution in [3.63, 3.8) is 0 Å². The fraction of sp³-hybridized carbons (Fsp3) is 0.650. The van der Waals surface area contributed by atoms with Crippen LogP contribution in [0.2, 0.25) is 0 Å². The van der Waals surface area contributed by atoms with Crippen LogP contribution >= 0.6 is 24.0 Å². The number of likely N-dealkylation sites (tertiary alicyclic amines) is 1. The van der Waals surface area contributed by atoms with Crippen molar-refractivity contribution in [1.82, 2.24) is 15.5 Å². The van der Waals surface area contributed by atoms with Gasteiger partial charge in [-0.2, -0.15) is 0 Å². The molecule has 1 aliphatic heterocycles. The van der Waals surface area contributed by atoms with E-state index in [4.69, 9.17) is 0 Å². The molecule has 3 rings (SSSR count). The Labute approximate surface area is 178 Å². The van der Waals surface area contributed by atoms with Gasteiger partial charge in [-0.25, -0.2) is 4.39 Å². The number of rotatable bonds is 6. The molecular weight excluding hydrogens is 458 g/mol. The predicted octanol–water partition coefficient (Wildman–Crippen LogP) is 3.05. The van der Waals surface area contributed by atoms with Crippen LogP contribution in [-0.4, -0.2) is 54.2 Å². The zero-order valence-corrected chi connectivity index (χ0v) is 18.4. The van der Waals surface area contributed by atoms with Crippen LogP contribution in [0.5, 0.6) is 0 Å². The number of hydrogen-bond donors (Lipinski definition) is 3. The number of guanidine groups is 1. The molecule has 2 unspecified atom stereocenters. The van der Waals surface area contributed by atoms with Gasteiger partial charge in [0, 0.05) is 37.3 Å². The number of aliphatic hydroxyl groups excluding tert-OH is 1. The first-order valence-corrected chi connectivity index (χ1v) is 9.88. The van der Waals surface area contributed by atoms with Gasteiger partial charge in [0.2, 0.25) is 0 Å². The number of aliphatic hydroxyl groups is 1. The Balaban J connectivity index is 0.00000261. The van der Waals surface area contributed by atoms with E-state index >= 15 is 0 Å². The van der Waals surface area contributed by atoms with Crippen LogP contribution in [0.25, 0.3) is 0 Å². The second kappa shape index (κ2) is 11.2. The Bertz CT molecular complexity index is 609. The summed E-state index contributed by atoms with van der Waals surface area (Å²) in [5.41, 5.74) is 0.292. The zero-order chi connectivity index (χ0) is 18.4. The van der Waals surface area contributed by atoms with E-state index in [2.05, 4.69) is 20.5 Å². The number of nitrogens with one attached hydrogen (secondary N) is 2. The highest BCUT2D eigenvalue weighted by molar-refractivity contribution is 14.0. The summed E-state index contributed by atoms with van der Waals surface area (Å²) >= 11 is 0. The first-order valence-electron chi connectivity index (χ1n) is 9.88. The summed E-state index contributed by atoms with van der Waals surface area (Å²) in [6.45, 7) is 5.09. The van der Waals surface area contributed by atoms with Crippen LogP contribution in [0, 0.1) is 5.82 Å². The van der Waals surface area contributed by atoms with Crippen LogP contribution in [0.15, 0.2) is 29.3 Å². The van der Waals surface area contributed by atoms with Gasteiger partial charge < -0.3 is 15.7 Å². The molecule has 0 aromatic heterocycles. The third-order valence-corrected chi connectivity index (χ3v) is 5.43. The zero-order valence-electron chi connectivity index (χ0n) is 16.0. The number of benzene rings is 1. The van der Waals surface area contributed by atoms with Crippen molar-refractivity contribution in [1.29, 1.82) is 0 Å². The Morgan fingerprint density at radius 1 is 1.30 bits per heavy atom. The second-order valence-electron chi connectivity index (χ2n) is 7.32. The first kappa shape index (κ1) is 22.4. The molecule has 1 aromatic carbocycles. The van der Waals surface area contributed by atoms with Crippen molar-refractivity contribution >= 4 is 29.9 Å². The molecule has 0 bridgehead atoms. The molecule has 0 amide bonds. The molecule has 5 nitrogen and oxygen atoms in total. The maximum atomic E-state index is 13.8. The fourth-order valence-corrected chi connectivity index (χ4v) is 4.04. The quantitative estimate of drug-likeness (QED) is 0.326. The van der Waals surface area contributed by atoms with Gasteiger partial charge in [-0.3, -0.25) is 9.89 Å². The molecule has 0 radical (unpaired) electrons. The van der Waals surface area contributed by atoms with Gasteiger partial charge in [-0.1, -0.05) is 31.0 Å². The first-order chi connectivity index (χ1) is 12.7. The minimum Gasteiger partial charge on any atom is -0.386 e. The molecule has 1 saturated carbocycles. The topological polar surface area (TPSA) is 59.9 Å². The lowest BCUT2D eigenvalue weighted by molar-refractivity contribution is 0.182. The molecule has 1 heterocycles. The molecule has 3 N–H and O–H groups in total. The number of hydrogen-bond acceptors (Lipinski definition) is 3. The molecule has 27 heavy (non-hydrogen) atoms. The van der Waals surface area contributed by atoms with Crippen LogP contribution < -0.4 is 10.6 Å². The van der Waals surface area contributed by atoms with Gasteiger partial charge in [0.25, 0.3) is 0 Å². The predicted molar refractivity (Wildman–Crippen MR) is 118 cm³/mol. The minimum atomic E-state index is -0.940. The number of nitrogens with zero attached hydrogens (tertiary/aromatic N) is 2. The monoisotopic (exact) mass is 490 g/mol. The van der Waals surface area contributed by atoms with Crippen molar-refractivity contribution in [2.75, 3.05) is 26.2 Å². The van der Waals surface area contributed by atoms with Crippen LogP contribution in [0.1, 0.15) is 50.7 Å². The molecule has 2 fully saturated rings. The van der Waals surface area contributed by atoms with Gasteiger partial charge in [0.05, 0.1) is 6.54 Å². The van der Waals surface area contributed by atoms with Crippen molar-refractivity contribution in [2.45, 2.75) is 57.2 Å². The Morgan fingerprint density at radius 3 is 2.74 bits per heavy atom. The van der Waals surface area contributed by atoms with E-state index in [1.165, 1.54) is 31.7 Å². The van der Waals surface area contributed by atoms with E-state index in [0.717, 1.165) is 32.1 Å². The lowest BCUT2D eigenvalue weighted by Crippen LogP contribution is -2.45. The third-order valence-electron chi connectivity index (χ3n) is 5.43. The van der Waals surface area contributed by atoms with Crippen molar-refractivity contribution < 1.29 is 9.50 Å². The highest BCUT2D eigenvalue weighted by Gasteiger charge is 2.30. The highest BCUT2D eigenvalue weighted by atomic mass is 127. The standard InChI is InChI=1S/C20H31FN4O.HI/c1-2-22-20(23-13-19(26)17-9-5-6-10-18(17)21)24-15-11-12-25(14-15)16-7-3-4-8-16;/h5-6,9-10,15-16,19,26H,2-4,7-8,11-14H2,1H3,(H2,22,23,24);1H. The fourth-order valence-electron chi connectivity index (χ4n) is 4.04. The van der Waals surface area contributed by atoms with Crippen LogP contribution in [0.4, 0.5) is 4.39 Å². The Hall–Kier alpha value is -0.930. The van der Waals surface area contributed by atoms with Gasteiger partial charge in [-0.05, 0) is 32.3 Å². The van der Waals surface area contributed by atoms with Gasteiger partial charge in [0.1, 0.15) is 11.9 Å². The summed E-state index contributed by atoms with van der Waals surface area (Å²) in [4.78, 5) is 7.08.